The lowest BCUT2D eigenvalue weighted by Crippen LogP contribution is -2.13. The molecule has 0 radical (unpaired) electrons. The first-order valence-corrected chi connectivity index (χ1v) is 5.62. The predicted octanol–water partition coefficient (Wildman–Crippen LogP) is 2.27. The van der Waals surface area contributed by atoms with Crippen LogP contribution < -0.4 is 10.5 Å². The van der Waals surface area contributed by atoms with Crippen LogP contribution in [0.5, 0.6) is 5.75 Å². The van der Waals surface area contributed by atoms with Gasteiger partial charge >= 0.3 is 0 Å². The summed E-state index contributed by atoms with van der Waals surface area (Å²) in [6.07, 6.45) is 1.22. The third kappa shape index (κ3) is 3.91. The Balaban J connectivity index is 2.74. The molecule has 0 atom stereocenters. The van der Waals surface area contributed by atoms with E-state index in [1.807, 2.05) is 18.2 Å². The molecule has 0 saturated heterocycles. The summed E-state index contributed by atoms with van der Waals surface area (Å²) in [7, 11) is 0. The summed E-state index contributed by atoms with van der Waals surface area (Å²) in [6.45, 7) is 2.74. The van der Waals surface area contributed by atoms with Crippen molar-refractivity contribution in [1.29, 1.82) is 0 Å². The number of carbonyl (C=O) groups excluding carboxylic acids is 1. The molecule has 0 saturated carbocycles. The summed E-state index contributed by atoms with van der Waals surface area (Å²) in [6, 6.07) is 5.55. The molecule has 1 amide bonds. The Morgan fingerprint density at radius 3 is 2.80 bits per heavy atom. The van der Waals surface area contributed by atoms with Gasteiger partial charge in [0.05, 0.1) is 17.5 Å². The molecule has 0 fully saturated rings. The second-order valence-corrected chi connectivity index (χ2v) is 4.11. The highest BCUT2D eigenvalue weighted by Gasteiger charge is 2.04. The zero-order chi connectivity index (χ0) is 11.3. The lowest BCUT2D eigenvalue weighted by Gasteiger charge is -2.08. The van der Waals surface area contributed by atoms with Crippen LogP contribution in [-0.4, -0.2) is 12.5 Å². The second kappa shape index (κ2) is 5.75. The minimum absolute atomic E-state index is 0.257. The van der Waals surface area contributed by atoms with Gasteiger partial charge in [-0.15, -0.1) is 0 Å². The first-order chi connectivity index (χ1) is 7.13. The lowest BCUT2D eigenvalue weighted by atomic mass is 10.1. The van der Waals surface area contributed by atoms with Gasteiger partial charge in [0.25, 0.3) is 0 Å². The van der Waals surface area contributed by atoms with E-state index < -0.39 is 0 Å². The van der Waals surface area contributed by atoms with Crippen molar-refractivity contribution in [2.75, 3.05) is 6.61 Å². The first-order valence-electron chi connectivity index (χ1n) is 4.83. The highest BCUT2D eigenvalue weighted by atomic mass is 79.9. The van der Waals surface area contributed by atoms with Gasteiger partial charge in [0.15, 0.2) is 0 Å². The zero-order valence-electron chi connectivity index (χ0n) is 8.63. The Bertz CT molecular complexity index is 352. The Labute approximate surface area is 97.7 Å². The fraction of sp³-hybridized carbons (Fsp3) is 0.364. The number of primary amides is 1. The van der Waals surface area contributed by atoms with Crippen molar-refractivity contribution in [3.05, 3.63) is 28.2 Å². The quantitative estimate of drug-likeness (QED) is 0.893. The van der Waals surface area contributed by atoms with Crippen molar-refractivity contribution in [1.82, 2.24) is 0 Å². The maximum Gasteiger partial charge on any atom is 0.221 e. The van der Waals surface area contributed by atoms with Crippen LogP contribution in [0.1, 0.15) is 18.9 Å². The maximum atomic E-state index is 10.7. The smallest absolute Gasteiger partial charge is 0.221 e. The van der Waals surface area contributed by atoms with Gasteiger partial charge in [0, 0.05) is 0 Å². The maximum absolute atomic E-state index is 10.7. The fourth-order valence-electron chi connectivity index (χ4n) is 1.18. The van der Waals surface area contributed by atoms with Crippen molar-refractivity contribution >= 4 is 21.8 Å². The molecule has 2 N–H and O–H groups in total. The lowest BCUT2D eigenvalue weighted by molar-refractivity contribution is -0.117. The summed E-state index contributed by atoms with van der Waals surface area (Å²) < 4.78 is 6.34. The third-order valence-corrected chi connectivity index (χ3v) is 2.46. The zero-order valence-corrected chi connectivity index (χ0v) is 10.2. The Hall–Kier alpha value is -1.03. The van der Waals surface area contributed by atoms with E-state index in [1.165, 1.54) is 0 Å². The van der Waals surface area contributed by atoms with Gasteiger partial charge in [-0.1, -0.05) is 13.0 Å². The van der Waals surface area contributed by atoms with Gasteiger partial charge in [0.2, 0.25) is 5.91 Å². The SMILES string of the molecule is CCCOc1ccc(CC(N)=O)cc1Br. The van der Waals surface area contributed by atoms with Crippen LogP contribution in [0.2, 0.25) is 0 Å². The molecular weight excluding hydrogens is 258 g/mol. The minimum Gasteiger partial charge on any atom is -0.492 e. The summed E-state index contributed by atoms with van der Waals surface area (Å²) in [5.41, 5.74) is 5.99. The molecule has 0 aliphatic heterocycles. The monoisotopic (exact) mass is 271 g/mol. The highest BCUT2D eigenvalue weighted by molar-refractivity contribution is 9.10. The van der Waals surface area contributed by atoms with Crippen molar-refractivity contribution in [2.45, 2.75) is 19.8 Å². The van der Waals surface area contributed by atoms with Crippen LogP contribution >= 0.6 is 15.9 Å². The van der Waals surface area contributed by atoms with Crippen molar-refractivity contribution in [3.63, 3.8) is 0 Å². The molecular formula is C11H14BrNO2. The first kappa shape index (κ1) is 12.0. The number of amides is 1. The number of ether oxygens (including phenoxy) is 1. The van der Waals surface area contributed by atoms with Crippen LogP contribution in [-0.2, 0) is 11.2 Å². The molecule has 1 aromatic rings. The normalized spacial score (nSPS) is 10.0. The highest BCUT2D eigenvalue weighted by Crippen LogP contribution is 2.26. The molecule has 1 aromatic carbocycles. The minimum atomic E-state index is -0.330. The molecule has 1 rings (SSSR count). The van der Waals surface area contributed by atoms with E-state index in [0.29, 0.717) is 6.61 Å². The van der Waals surface area contributed by atoms with E-state index in [9.17, 15) is 4.79 Å². The number of benzene rings is 1. The summed E-state index contributed by atoms with van der Waals surface area (Å²) in [5, 5.41) is 0. The van der Waals surface area contributed by atoms with E-state index in [2.05, 4.69) is 22.9 Å². The van der Waals surface area contributed by atoms with Gasteiger partial charge in [0.1, 0.15) is 5.75 Å². The van der Waals surface area contributed by atoms with E-state index in [0.717, 1.165) is 22.2 Å². The molecule has 0 unspecified atom stereocenters. The molecule has 3 nitrogen and oxygen atoms in total. The summed E-state index contributed by atoms with van der Waals surface area (Å²) in [4.78, 5) is 10.7. The molecule has 15 heavy (non-hydrogen) atoms. The molecule has 0 aliphatic rings. The van der Waals surface area contributed by atoms with Crippen LogP contribution in [0.25, 0.3) is 0 Å². The van der Waals surface area contributed by atoms with Gasteiger partial charge < -0.3 is 10.5 Å². The fourth-order valence-corrected chi connectivity index (χ4v) is 1.73. The Kier molecular flexibility index (Phi) is 4.62. The van der Waals surface area contributed by atoms with Crippen molar-refractivity contribution in [3.8, 4) is 5.75 Å². The Morgan fingerprint density at radius 2 is 2.27 bits per heavy atom. The molecule has 0 spiro atoms. The average Bonchev–Trinajstić information content (AvgIpc) is 2.15. The largest absolute Gasteiger partial charge is 0.492 e. The molecule has 0 heterocycles. The number of nitrogens with two attached hydrogens (primary N) is 1. The van der Waals surface area contributed by atoms with Crippen LogP contribution in [0.3, 0.4) is 0 Å². The summed E-state index contributed by atoms with van der Waals surface area (Å²) >= 11 is 3.39. The molecule has 0 aliphatic carbocycles. The molecule has 82 valence electrons. The second-order valence-electron chi connectivity index (χ2n) is 3.26. The molecule has 0 bridgehead atoms. The van der Waals surface area contributed by atoms with Gasteiger partial charge in [-0.25, -0.2) is 0 Å². The van der Waals surface area contributed by atoms with E-state index >= 15 is 0 Å². The van der Waals surface area contributed by atoms with Crippen LogP contribution in [0, 0.1) is 0 Å². The molecule has 0 aromatic heterocycles. The van der Waals surface area contributed by atoms with E-state index in [-0.39, 0.29) is 12.3 Å². The van der Waals surface area contributed by atoms with Gasteiger partial charge in [-0.2, -0.15) is 0 Å². The number of carbonyl (C=O) groups is 1. The molecule has 4 heteroatoms. The number of rotatable bonds is 5. The number of halogens is 1. The standard InChI is InChI=1S/C11H14BrNO2/c1-2-5-15-10-4-3-8(6-9(10)12)7-11(13)14/h3-4,6H,2,5,7H2,1H3,(H2,13,14). The van der Waals surface area contributed by atoms with Crippen molar-refractivity contribution < 1.29 is 9.53 Å². The van der Waals surface area contributed by atoms with E-state index in [4.69, 9.17) is 10.5 Å². The number of hydrogen-bond donors (Lipinski definition) is 1. The topological polar surface area (TPSA) is 52.3 Å². The number of hydrogen-bond acceptors (Lipinski definition) is 2. The van der Waals surface area contributed by atoms with E-state index in [1.54, 1.807) is 0 Å². The predicted molar refractivity (Wildman–Crippen MR) is 62.8 cm³/mol. The van der Waals surface area contributed by atoms with Gasteiger partial charge in [-0.05, 0) is 40.0 Å². The van der Waals surface area contributed by atoms with Crippen LogP contribution in [0.15, 0.2) is 22.7 Å². The Morgan fingerprint density at radius 1 is 1.53 bits per heavy atom. The summed E-state index contributed by atoms with van der Waals surface area (Å²) in [5.74, 6) is 0.467. The van der Waals surface area contributed by atoms with Crippen LogP contribution in [0.4, 0.5) is 0 Å². The van der Waals surface area contributed by atoms with Gasteiger partial charge in [-0.3, -0.25) is 4.79 Å². The average molecular weight is 272 g/mol. The third-order valence-electron chi connectivity index (χ3n) is 1.84. The van der Waals surface area contributed by atoms with Crippen molar-refractivity contribution in [2.24, 2.45) is 5.73 Å².